The largest absolute Gasteiger partial charge is 0.480 e. The van der Waals surface area contributed by atoms with Crippen molar-refractivity contribution in [3.8, 4) is 0 Å². The zero-order valence-electron chi connectivity index (χ0n) is 21.0. The maximum atomic E-state index is 11.5. The Morgan fingerprint density at radius 2 is 1.31 bits per heavy atom. The van der Waals surface area contributed by atoms with Crippen molar-refractivity contribution in [1.82, 2.24) is 19.6 Å². The second-order valence-corrected chi connectivity index (χ2v) is 9.19. The Morgan fingerprint density at radius 3 is 1.83 bits per heavy atom. The van der Waals surface area contributed by atoms with Crippen molar-refractivity contribution >= 4 is 11.9 Å². The van der Waals surface area contributed by atoms with E-state index in [1.807, 2.05) is 11.8 Å². The van der Waals surface area contributed by atoms with Gasteiger partial charge in [-0.15, -0.1) is 0 Å². The number of nitrogens with zero attached hydrogens (tertiary/aromatic N) is 4. The average Bonchev–Trinajstić information content (AvgIpc) is 2.83. The van der Waals surface area contributed by atoms with Gasteiger partial charge >= 0.3 is 11.9 Å². The standard InChI is InChI=1S/C24H40N4O8/c1-20-2-4-21(5-3-20)16-22-17-27(12-14-35-33)9-8-25(18-23(29)30)6-7-26(19-24(31)32)10-11-28(22)13-15-36-34/h2-5,22,33-34H,6-19H2,1H3,(H,29,30)(H,31,32). The lowest BCUT2D eigenvalue weighted by Crippen LogP contribution is -2.52. The first kappa shape index (κ1) is 30.1. The summed E-state index contributed by atoms with van der Waals surface area (Å²) in [5.74, 6) is -1.88. The van der Waals surface area contributed by atoms with Gasteiger partial charge in [-0.1, -0.05) is 29.8 Å². The van der Waals surface area contributed by atoms with Gasteiger partial charge < -0.3 is 10.2 Å². The molecule has 1 aliphatic rings. The molecule has 0 spiro atoms. The lowest BCUT2D eigenvalue weighted by atomic mass is 10.0. The Labute approximate surface area is 212 Å². The van der Waals surface area contributed by atoms with Crippen LogP contribution in [0.25, 0.3) is 0 Å². The minimum Gasteiger partial charge on any atom is -0.480 e. The molecule has 12 nitrogen and oxygen atoms in total. The van der Waals surface area contributed by atoms with Crippen LogP contribution >= 0.6 is 0 Å². The molecule has 0 amide bonds. The summed E-state index contributed by atoms with van der Waals surface area (Å²) >= 11 is 0. The zero-order chi connectivity index (χ0) is 26.3. The van der Waals surface area contributed by atoms with E-state index in [9.17, 15) is 19.8 Å². The van der Waals surface area contributed by atoms with E-state index in [1.54, 1.807) is 4.90 Å². The van der Waals surface area contributed by atoms with Gasteiger partial charge in [-0.05, 0) is 18.9 Å². The molecule has 1 atom stereocenters. The lowest BCUT2D eigenvalue weighted by Gasteiger charge is -2.38. The molecule has 1 heterocycles. The highest BCUT2D eigenvalue weighted by Crippen LogP contribution is 2.14. The van der Waals surface area contributed by atoms with Crippen LogP contribution in [0.3, 0.4) is 0 Å². The molecule has 0 bridgehead atoms. The molecule has 0 aromatic heterocycles. The van der Waals surface area contributed by atoms with Crippen LogP contribution < -0.4 is 0 Å². The maximum Gasteiger partial charge on any atom is 0.317 e. The molecule has 1 aliphatic heterocycles. The summed E-state index contributed by atoms with van der Waals surface area (Å²) in [7, 11) is 0. The summed E-state index contributed by atoms with van der Waals surface area (Å²) in [5.41, 5.74) is 2.30. The molecule has 1 aromatic rings. The Bertz CT molecular complexity index is 782. The van der Waals surface area contributed by atoms with Crippen LogP contribution in [0.5, 0.6) is 0 Å². The van der Waals surface area contributed by atoms with Crippen LogP contribution in [-0.4, -0.2) is 144 Å². The van der Waals surface area contributed by atoms with Crippen LogP contribution in [0.15, 0.2) is 24.3 Å². The molecule has 1 fully saturated rings. The van der Waals surface area contributed by atoms with Gasteiger partial charge in [-0.3, -0.25) is 39.7 Å². The summed E-state index contributed by atoms with van der Waals surface area (Å²) in [6.07, 6.45) is 0.708. The monoisotopic (exact) mass is 512 g/mol. The first-order valence-corrected chi connectivity index (χ1v) is 12.2. The number of carboxylic acid groups (broad SMARTS) is 2. The van der Waals surface area contributed by atoms with E-state index < -0.39 is 11.9 Å². The molecule has 36 heavy (non-hydrogen) atoms. The van der Waals surface area contributed by atoms with Crippen molar-refractivity contribution in [3.05, 3.63) is 35.4 Å². The van der Waals surface area contributed by atoms with Crippen molar-refractivity contribution in [2.24, 2.45) is 0 Å². The summed E-state index contributed by atoms with van der Waals surface area (Å²) in [4.78, 5) is 39.6. The first-order valence-electron chi connectivity index (χ1n) is 12.2. The van der Waals surface area contributed by atoms with Gasteiger partial charge in [0.15, 0.2) is 0 Å². The van der Waals surface area contributed by atoms with Gasteiger partial charge in [0.1, 0.15) is 0 Å². The predicted octanol–water partition coefficient (Wildman–Crippen LogP) is 0.276. The number of benzene rings is 1. The SMILES string of the molecule is Cc1ccc(CC2CN(CCOO)CCN(CC(=O)O)CCN(CC(=O)O)CCN2CCOO)cc1. The molecule has 1 unspecified atom stereocenters. The Morgan fingerprint density at radius 1 is 0.806 bits per heavy atom. The third-order valence-electron chi connectivity index (χ3n) is 6.43. The maximum absolute atomic E-state index is 11.5. The van der Waals surface area contributed by atoms with Gasteiger partial charge in [0.25, 0.3) is 0 Å². The van der Waals surface area contributed by atoms with E-state index in [0.717, 1.165) is 11.1 Å². The minimum atomic E-state index is -0.941. The number of carbonyl (C=O) groups is 2. The molecule has 204 valence electrons. The summed E-state index contributed by atoms with van der Waals surface area (Å²) in [6.45, 7) is 6.30. The van der Waals surface area contributed by atoms with E-state index in [0.29, 0.717) is 65.3 Å². The number of carboxylic acids is 2. The Hall–Kier alpha value is -2.16. The smallest absolute Gasteiger partial charge is 0.317 e. The van der Waals surface area contributed by atoms with Crippen molar-refractivity contribution < 1.29 is 40.1 Å². The lowest BCUT2D eigenvalue weighted by molar-refractivity contribution is -0.246. The molecular formula is C24H40N4O8. The van der Waals surface area contributed by atoms with Crippen LogP contribution in [0.1, 0.15) is 11.1 Å². The molecule has 1 aromatic carbocycles. The van der Waals surface area contributed by atoms with Gasteiger partial charge in [0.2, 0.25) is 0 Å². The number of hydrogen-bond donors (Lipinski definition) is 4. The number of aryl methyl sites for hydroxylation is 1. The number of hydrogen-bond acceptors (Lipinski definition) is 10. The predicted molar refractivity (Wildman–Crippen MR) is 132 cm³/mol. The molecular weight excluding hydrogens is 472 g/mol. The quantitative estimate of drug-likeness (QED) is 0.225. The molecule has 1 saturated heterocycles. The van der Waals surface area contributed by atoms with E-state index in [1.165, 1.54) is 0 Å². The number of rotatable bonds is 12. The second-order valence-electron chi connectivity index (χ2n) is 9.19. The first-order chi connectivity index (χ1) is 17.3. The highest BCUT2D eigenvalue weighted by molar-refractivity contribution is 5.69. The third kappa shape index (κ3) is 11.7. The Kier molecular flexibility index (Phi) is 13.8. The minimum absolute atomic E-state index is 0.0134. The molecule has 4 N–H and O–H groups in total. The van der Waals surface area contributed by atoms with Gasteiger partial charge in [0.05, 0.1) is 26.3 Å². The fourth-order valence-electron chi connectivity index (χ4n) is 4.46. The second kappa shape index (κ2) is 16.6. The van der Waals surface area contributed by atoms with Gasteiger partial charge in [-0.2, -0.15) is 0 Å². The highest BCUT2D eigenvalue weighted by atomic mass is 17.1. The molecule has 2 rings (SSSR count). The molecule has 12 heteroatoms. The molecule has 0 saturated carbocycles. The van der Waals surface area contributed by atoms with Crippen molar-refractivity contribution in [2.75, 3.05) is 85.2 Å². The normalized spacial score (nSPS) is 20.0. The third-order valence-corrected chi connectivity index (χ3v) is 6.43. The van der Waals surface area contributed by atoms with E-state index in [4.69, 9.17) is 10.5 Å². The summed E-state index contributed by atoms with van der Waals surface area (Å²) in [5, 5.41) is 36.7. The van der Waals surface area contributed by atoms with Crippen molar-refractivity contribution in [1.29, 1.82) is 0 Å². The van der Waals surface area contributed by atoms with Crippen molar-refractivity contribution in [2.45, 2.75) is 19.4 Å². The van der Waals surface area contributed by atoms with E-state index in [2.05, 4.69) is 43.8 Å². The zero-order valence-corrected chi connectivity index (χ0v) is 21.0. The van der Waals surface area contributed by atoms with E-state index in [-0.39, 0.29) is 32.3 Å². The fraction of sp³-hybridized carbons (Fsp3) is 0.667. The summed E-state index contributed by atoms with van der Waals surface area (Å²) < 4.78 is 0. The molecule has 0 aliphatic carbocycles. The highest BCUT2D eigenvalue weighted by Gasteiger charge is 2.25. The van der Waals surface area contributed by atoms with Crippen LogP contribution in [0, 0.1) is 6.92 Å². The van der Waals surface area contributed by atoms with Crippen LogP contribution in [-0.2, 0) is 25.8 Å². The molecule has 0 radical (unpaired) electrons. The van der Waals surface area contributed by atoms with Crippen LogP contribution in [0.2, 0.25) is 0 Å². The van der Waals surface area contributed by atoms with Gasteiger partial charge in [0, 0.05) is 64.9 Å². The fourth-order valence-corrected chi connectivity index (χ4v) is 4.46. The Balaban J connectivity index is 2.33. The number of aliphatic carboxylic acids is 2. The van der Waals surface area contributed by atoms with E-state index >= 15 is 0 Å². The topological polar surface area (TPSA) is 146 Å². The van der Waals surface area contributed by atoms with Crippen LogP contribution in [0.4, 0.5) is 0 Å². The van der Waals surface area contributed by atoms with Gasteiger partial charge in [-0.25, -0.2) is 9.78 Å². The van der Waals surface area contributed by atoms with Crippen molar-refractivity contribution in [3.63, 3.8) is 0 Å². The summed E-state index contributed by atoms with van der Waals surface area (Å²) in [6, 6.07) is 8.27. The average molecular weight is 513 g/mol.